The third-order valence-corrected chi connectivity index (χ3v) is 2.97. The van der Waals surface area contributed by atoms with E-state index in [1.54, 1.807) is 19.1 Å². The minimum Gasteiger partial charge on any atom is -0.310 e. The lowest BCUT2D eigenvalue weighted by Gasteiger charge is -2.02. The van der Waals surface area contributed by atoms with Crippen LogP contribution in [0.2, 0.25) is 0 Å². The predicted molar refractivity (Wildman–Crippen MR) is 59.8 cm³/mol. The van der Waals surface area contributed by atoms with Crippen LogP contribution in [0, 0.1) is 6.92 Å². The Bertz CT molecular complexity index is 671. The number of rotatable bonds is 0. The Balaban J connectivity index is 2.44. The largest absolute Gasteiger partial charge is 0.310 e. The van der Waals surface area contributed by atoms with Gasteiger partial charge in [-0.05, 0) is 31.0 Å². The molecule has 0 radical (unpaired) electrons. The molecule has 0 bridgehead atoms. The van der Waals surface area contributed by atoms with Crippen molar-refractivity contribution in [3.8, 4) is 0 Å². The number of carbonyl (C=O) groups excluding carboxylic acids is 1. The molecule has 1 N–H and O–H groups in total. The van der Waals surface area contributed by atoms with Gasteiger partial charge in [-0.2, -0.15) is 0 Å². The number of aromatic nitrogens is 2. The molecular formula is C12H10N2O2. The average molecular weight is 214 g/mol. The van der Waals surface area contributed by atoms with Gasteiger partial charge in [-0.25, -0.2) is 4.98 Å². The van der Waals surface area contributed by atoms with E-state index in [9.17, 15) is 9.59 Å². The summed E-state index contributed by atoms with van der Waals surface area (Å²) in [5.74, 6) is 0.722. The molecule has 0 spiro atoms. The van der Waals surface area contributed by atoms with Gasteiger partial charge in [-0.1, -0.05) is 0 Å². The number of nitrogens with one attached hydrogen (secondary N) is 1. The molecule has 80 valence electrons. The van der Waals surface area contributed by atoms with E-state index in [0.717, 1.165) is 17.5 Å². The Morgan fingerprint density at radius 2 is 2.06 bits per heavy atom. The van der Waals surface area contributed by atoms with Gasteiger partial charge in [-0.15, -0.1) is 0 Å². The summed E-state index contributed by atoms with van der Waals surface area (Å²) >= 11 is 0. The standard InChI is InChI=1S/C12H10N2O2/c1-6-13-10-5-8-7(2-3-11(8)15)4-9(10)12(16)14-6/h4-5H,2-3H2,1H3,(H,13,14,16). The van der Waals surface area contributed by atoms with Gasteiger partial charge in [0.25, 0.3) is 5.56 Å². The lowest BCUT2D eigenvalue weighted by molar-refractivity contribution is 0.0994. The summed E-state index contributed by atoms with van der Waals surface area (Å²) in [6.07, 6.45) is 1.28. The Labute approximate surface area is 91.3 Å². The summed E-state index contributed by atoms with van der Waals surface area (Å²) in [4.78, 5) is 30.2. The molecule has 2 aromatic rings. The Kier molecular flexibility index (Phi) is 1.74. The molecule has 0 aliphatic heterocycles. The van der Waals surface area contributed by atoms with E-state index < -0.39 is 0 Å². The van der Waals surface area contributed by atoms with Crippen LogP contribution < -0.4 is 5.56 Å². The van der Waals surface area contributed by atoms with Gasteiger partial charge in [0.15, 0.2) is 5.78 Å². The highest BCUT2D eigenvalue weighted by atomic mass is 16.1. The van der Waals surface area contributed by atoms with Gasteiger partial charge < -0.3 is 4.98 Å². The van der Waals surface area contributed by atoms with Gasteiger partial charge in [0.2, 0.25) is 0 Å². The molecule has 0 atom stereocenters. The van der Waals surface area contributed by atoms with Gasteiger partial charge >= 0.3 is 0 Å². The highest BCUT2D eigenvalue weighted by Gasteiger charge is 2.20. The molecule has 1 aliphatic carbocycles. The first-order valence-corrected chi connectivity index (χ1v) is 5.22. The van der Waals surface area contributed by atoms with E-state index in [1.165, 1.54) is 0 Å². The second kappa shape index (κ2) is 3.01. The maximum absolute atomic E-state index is 11.7. The van der Waals surface area contributed by atoms with Gasteiger partial charge in [0.1, 0.15) is 5.82 Å². The summed E-state index contributed by atoms with van der Waals surface area (Å²) in [6.45, 7) is 1.73. The van der Waals surface area contributed by atoms with E-state index in [1.807, 2.05) is 0 Å². The second-order valence-corrected chi connectivity index (χ2v) is 4.10. The van der Waals surface area contributed by atoms with Crippen molar-refractivity contribution in [1.82, 2.24) is 9.97 Å². The highest BCUT2D eigenvalue weighted by molar-refractivity contribution is 6.03. The molecule has 16 heavy (non-hydrogen) atoms. The van der Waals surface area contributed by atoms with E-state index in [2.05, 4.69) is 9.97 Å². The lowest BCUT2D eigenvalue weighted by Crippen LogP contribution is -2.10. The smallest absolute Gasteiger partial charge is 0.258 e. The zero-order valence-corrected chi connectivity index (χ0v) is 8.83. The monoisotopic (exact) mass is 214 g/mol. The van der Waals surface area contributed by atoms with Crippen molar-refractivity contribution in [3.63, 3.8) is 0 Å². The van der Waals surface area contributed by atoms with Crippen LogP contribution >= 0.6 is 0 Å². The first-order chi connectivity index (χ1) is 7.65. The van der Waals surface area contributed by atoms with Gasteiger partial charge in [0.05, 0.1) is 10.9 Å². The fourth-order valence-corrected chi connectivity index (χ4v) is 2.20. The van der Waals surface area contributed by atoms with Crippen LogP contribution in [0.5, 0.6) is 0 Å². The Morgan fingerprint density at radius 3 is 2.88 bits per heavy atom. The average Bonchev–Trinajstić information content (AvgIpc) is 2.58. The third-order valence-electron chi connectivity index (χ3n) is 2.97. The number of benzene rings is 1. The normalized spacial score (nSPS) is 14.4. The maximum atomic E-state index is 11.7. The van der Waals surface area contributed by atoms with Crippen molar-refractivity contribution in [2.75, 3.05) is 0 Å². The van der Waals surface area contributed by atoms with E-state index >= 15 is 0 Å². The molecule has 0 amide bonds. The number of hydrogen-bond acceptors (Lipinski definition) is 3. The van der Waals surface area contributed by atoms with E-state index in [-0.39, 0.29) is 11.3 Å². The molecule has 0 saturated carbocycles. The minimum absolute atomic E-state index is 0.135. The molecule has 1 aromatic carbocycles. The number of fused-ring (bicyclic) bond motifs is 2. The molecule has 0 unspecified atom stereocenters. The second-order valence-electron chi connectivity index (χ2n) is 4.10. The van der Waals surface area contributed by atoms with Crippen molar-refractivity contribution < 1.29 is 4.79 Å². The molecule has 0 saturated heterocycles. The number of H-pyrrole nitrogens is 1. The zero-order valence-electron chi connectivity index (χ0n) is 8.83. The maximum Gasteiger partial charge on any atom is 0.258 e. The topological polar surface area (TPSA) is 62.8 Å². The summed E-state index contributed by atoms with van der Waals surface area (Å²) < 4.78 is 0. The minimum atomic E-state index is -0.135. The molecular weight excluding hydrogens is 204 g/mol. The van der Waals surface area contributed by atoms with Crippen LogP contribution in [0.1, 0.15) is 28.2 Å². The number of aromatic amines is 1. The van der Waals surface area contributed by atoms with Crippen molar-refractivity contribution in [3.05, 3.63) is 39.4 Å². The SMILES string of the molecule is Cc1nc2cc3c(cc2c(=O)[nH]1)CCC3=O. The molecule has 1 heterocycles. The molecule has 1 aromatic heterocycles. The highest BCUT2D eigenvalue weighted by Crippen LogP contribution is 2.25. The summed E-state index contributed by atoms with van der Waals surface area (Å²) in [7, 11) is 0. The molecule has 4 nitrogen and oxygen atoms in total. The van der Waals surface area contributed by atoms with Crippen LogP contribution in [-0.4, -0.2) is 15.8 Å². The molecule has 0 fully saturated rings. The predicted octanol–water partition coefficient (Wildman–Crippen LogP) is 1.36. The number of carbonyl (C=O) groups is 1. The Hall–Kier alpha value is -1.97. The first kappa shape index (κ1) is 9.27. The van der Waals surface area contributed by atoms with Crippen LogP contribution in [0.25, 0.3) is 10.9 Å². The van der Waals surface area contributed by atoms with Crippen LogP contribution in [0.3, 0.4) is 0 Å². The molecule has 3 rings (SSSR count). The number of nitrogens with zero attached hydrogens (tertiary/aromatic N) is 1. The van der Waals surface area contributed by atoms with Crippen molar-refractivity contribution in [1.29, 1.82) is 0 Å². The van der Waals surface area contributed by atoms with Gasteiger partial charge in [-0.3, -0.25) is 9.59 Å². The van der Waals surface area contributed by atoms with E-state index in [4.69, 9.17) is 0 Å². The molecule has 1 aliphatic rings. The summed E-state index contributed by atoms with van der Waals surface area (Å²) in [5, 5.41) is 0.569. The van der Waals surface area contributed by atoms with Crippen LogP contribution in [-0.2, 0) is 6.42 Å². The number of aryl methyl sites for hydroxylation is 2. The lowest BCUT2D eigenvalue weighted by atomic mass is 10.1. The van der Waals surface area contributed by atoms with Crippen molar-refractivity contribution >= 4 is 16.7 Å². The third kappa shape index (κ3) is 1.19. The van der Waals surface area contributed by atoms with Crippen LogP contribution in [0.4, 0.5) is 0 Å². The zero-order chi connectivity index (χ0) is 11.3. The number of Topliss-reactive ketones (excluding diaryl/α,β-unsaturated/α-hetero) is 1. The number of hydrogen-bond donors (Lipinski definition) is 1. The number of ketones is 1. The van der Waals surface area contributed by atoms with Crippen LogP contribution in [0.15, 0.2) is 16.9 Å². The fourth-order valence-electron chi connectivity index (χ4n) is 2.20. The van der Waals surface area contributed by atoms with Crippen molar-refractivity contribution in [2.45, 2.75) is 19.8 Å². The fraction of sp³-hybridized carbons (Fsp3) is 0.250. The Morgan fingerprint density at radius 1 is 1.25 bits per heavy atom. The van der Waals surface area contributed by atoms with Gasteiger partial charge in [0, 0.05) is 12.0 Å². The molecule has 4 heteroatoms. The summed E-state index contributed by atoms with van der Waals surface area (Å²) in [5.41, 5.74) is 2.17. The summed E-state index contributed by atoms with van der Waals surface area (Å²) in [6, 6.07) is 3.53. The first-order valence-electron chi connectivity index (χ1n) is 5.22. The van der Waals surface area contributed by atoms with E-state index in [0.29, 0.717) is 23.1 Å². The quantitative estimate of drug-likeness (QED) is 0.720. The van der Waals surface area contributed by atoms with Crippen molar-refractivity contribution in [2.24, 2.45) is 0 Å².